The van der Waals surface area contributed by atoms with Gasteiger partial charge in [0, 0.05) is 37.4 Å². The van der Waals surface area contributed by atoms with Crippen molar-refractivity contribution in [1.29, 1.82) is 0 Å². The highest BCUT2D eigenvalue weighted by atomic mass is 16.2. The van der Waals surface area contributed by atoms with Crippen molar-refractivity contribution in [2.24, 2.45) is 5.92 Å². The summed E-state index contributed by atoms with van der Waals surface area (Å²) in [5.41, 5.74) is 1.76. The maximum Gasteiger partial charge on any atom is 0.317 e. The van der Waals surface area contributed by atoms with Crippen LogP contribution >= 0.6 is 0 Å². The third kappa shape index (κ3) is 5.95. The standard InChI is InChI=1S/C23H36N4O2/c1-17-8-7-11-19(16-17)24-21(28)20(18-9-5-6-10-18)26-12-14-27(15-13-26)22(29)25-23(2,3)4/h7-8,11,16,18,20H,5-6,9-10,12-15H2,1-4H3,(H,24,28)(H,25,29)/t20-/m0/s1. The molecule has 6 nitrogen and oxygen atoms in total. The molecule has 2 N–H and O–H groups in total. The fourth-order valence-corrected chi connectivity index (χ4v) is 4.49. The Morgan fingerprint density at radius 2 is 1.72 bits per heavy atom. The van der Waals surface area contributed by atoms with E-state index in [0.29, 0.717) is 19.0 Å². The summed E-state index contributed by atoms with van der Waals surface area (Å²) < 4.78 is 0. The van der Waals surface area contributed by atoms with Gasteiger partial charge in [-0.25, -0.2) is 4.79 Å². The minimum Gasteiger partial charge on any atom is -0.333 e. The lowest BCUT2D eigenvalue weighted by Crippen LogP contribution is -2.59. The van der Waals surface area contributed by atoms with Gasteiger partial charge in [-0.05, 0) is 64.2 Å². The lowest BCUT2D eigenvalue weighted by atomic mass is 9.95. The van der Waals surface area contributed by atoms with Crippen LogP contribution in [0.15, 0.2) is 24.3 Å². The molecule has 1 aliphatic carbocycles. The molecule has 1 heterocycles. The van der Waals surface area contributed by atoms with Gasteiger partial charge >= 0.3 is 6.03 Å². The predicted octanol–water partition coefficient (Wildman–Crippen LogP) is 3.62. The van der Waals surface area contributed by atoms with Crippen LogP contribution in [0.25, 0.3) is 0 Å². The van der Waals surface area contributed by atoms with Gasteiger partial charge < -0.3 is 15.5 Å². The molecule has 0 unspecified atom stereocenters. The molecule has 6 heteroatoms. The molecule has 1 aromatic rings. The van der Waals surface area contributed by atoms with Gasteiger partial charge in [0.25, 0.3) is 0 Å². The molecular formula is C23H36N4O2. The van der Waals surface area contributed by atoms with Crippen LogP contribution < -0.4 is 10.6 Å². The third-order valence-corrected chi connectivity index (χ3v) is 5.88. The second kappa shape index (κ2) is 9.16. The number of piperazine rings is 1. The van der Waals surface area contributed by atoms with E-state index in [1.165, 1.54) is 12.8 Å². The molecule has 0 radical (unpaired) electrons. The van der Waals surface area contributed by atoms with E-state index in [0.717, 1.165) is 37.2 Å². The topological polar surface area (TPSA) is 64.7 Å². The predicted molar refractivity (Wildman–Crippen MR) is 117 cm³/mol. The Morgan fingerprint density at radius 3 is 2.31 bits per heavy atom. The van der Waals surface area contributed by atoms with Crippen molar-refractivity contribution < 1.29 is 9.59 Å². The zero-order valence-electron chi connectivity index (χ0n) is 18.3. The molecule has 0 bridgehead atoms. The van der Waals surface area contributed by atoms with E-state index in [4.69, 9.17) is 0 Å². The van der Waals surface area contributed by atoms with E-state index in [9.17, 15) is 9.59 Å². The minimum absolute atomic E-state index is 0.0150. The van der Waals surface area contributed by atoms with E-state index < -0.39 is 0 Å². The van der Waals surface area contributed by atoms with Crippen molar-refractivity contribution in [3.05, 3.63) is 29.8 Å². The van der Waals surface area contributed by atoms with Gasteiger partial charge in [-0.2, -0.15) is 0 Å². The molecule has 1 aliphatic heterocycles. The first-order valence-electron chi connectivity index (χ1n) is 10.9. The monoisotopic (exact) mass is 400 g/mol. The lowest BCUT2D eigenvalue weighted by molar-refractivity contribution is -0.123. The summed E-state index contributed by atoms with van der Waals surface area (Å²) in [4.78, 5) is 29.9. The van der Waals surface area contributed by atoms with Gasteiger partial charge in [-0.1, -0.05) is 25.0 Å². The van der Waals surface area contributed by atoms with E-state index in [1.54, 1.807) is 0 Å². The summed E-state index contributed by atoms with van der Waals surface area (Å²) in [5.74, 6) is 0.491. The summed E-state index contributed by atoms with van der Waals surface area (Å²) in [6, 6.07) is 7.84. The fourth-order valence-electron chi connectivity index (χ4n) is 4.49. The fraction of sp³-hybridized carbons (Fsp3) is 0.652. The number of hydrogen-bond acceptors (Lipinski definition) is 3. The Morgan fingerprint density at radius 1 is 1.07 bits per heavy atom. The van der Waals surface area contributed by atoms with Gasteiger partial charge in [0.1, 0.15) is 0 Å². The molecule has 1 saturated heterocycles. The van der Waals surface area contributed by atoms with Crippen molar-refractivity contribution in [1.82, 2.24) is 15.1 Å². The van der Waals surface area contributed by atoms with Crippen molar-refractivity contribution in [2.75, 3.05) is 31.5 Å². The maximum absolute atomic E-state index is 13.3. The Bertz CT molecular complexity index is 714. The lowest BCUT2D eigenvalue weighted by Gasteiger charge is -2.41. The first kappa shape index (κ1) is 21.6. The molecule has 3 amide bonds. The van der Waals surface area contributed by atoms with Crippen molar-refractivity contribution in [3.8, 4) is 0 Å². The van der Waals surface area contributed by atoms with Crippen LogP contribution in [0, 0.1) is 12.8 Å². The average molecular weight is 401 g/mol. The number of hydrogen-bond donors (Lipinski definition) is 2. The Labute approximate surface area is 175 Å². The second-order valence-corrected chi connectivity index (χ2v) is 9.55. The summed E-state index contributed by atoms with van der Waals surface area (Å²) >= 11 is 0. The molecule has 2 aliphatic rings. The van der Waals surface area contributed by atoms with Crippen molar-refractivity contribution in [3.63, 3.8) is 0 Å². The molecule has 1 aromatic carbocycles. The number of aryl methyl sites for hydroxylation is 1. The molecule has 0 spiro atoms. The van der Waals surface area contributed by atoms with Gasteiger partial charge in [0.15, 0.2) is 0 Å². The molecule has 1 atom stereocenters. The van der Waals surface area contributed by atoms with Gasteiger partial charge in [-0.3, -0.25) is 9.69 Å². The normalized spacial score (nSPS) is 19.8. The number of nitrogens with one attached hydrogen (secondary N) is 2. The number of carbonyl (C=O) groups is 2. The summed E-state index contributed by atoms with van der Waals surface area (Å²) in [7, 11) is 0. The Hall–Kier alpha value is -2.08. The Kier molecular flexibility index (Phi) is 6.83. The number of nitrogens with zero attached hydrogens (tertiary/aromatic N) is 2. The zero-order chi connectivity index (χ0) is 21.0. The highest BCUT2D eigenvalue weighted by molar-refractivity contribution is 5.95. The molecule has 1 saturated carbocycles. The summed E-state index contributed by atoms with van der Waals surface area (Å²) in [5, 5.41) is 6.19. The molecule has 160 valence electrons. The highest BCUT2D eigenvalue weighted by Gasteiger charge is 2.37. The first-order valence-corrected chi connectivity index (χ1v) is 10.9. The third-order valence-electron chi connectivity index (χ3n) is 5.88. The quantitative estimate of drug-likeness (QED) is 0.811. The van der Waals surface area contributed by atoms with E-state index >= 15 is 0 Å². The second-order valence-electron chi connectivity index (χ2n) is 9.55. The van der Waals surface area contributed by atoms with Crippen LogP contribution in [-0.4, -0.2) is 59.5 Å². The first-order chi connectivity index (χ1) is 13.7. The van der Waals surface area contributed by atoms with Crippen LogP contribution in [0.5, 0.6) is 0 Å². The number of rotatable bonds is 4. The molecule has 2 fully saturated rings. The van der Waals surface area contributed by atoms with Gasteiger partial charge in [-0.15, -0.1) is 0 Å². The van der Waals surface area contributed by atoms with Crippen LogP contribution in [-0.2, 0) is 4.79 Å². The summed E-state index contributed by atoms with van der Waals surface area (Å²) in [6.45, 7) is 10.8. The Balaban J connectivity index is 1.65. The smallest absolute Gasteiger partial charge is 0.317 e. The zero-order valence-corrected chi connectivity index (χ0v) is 18.3. The van der Waals surface area contributed by atoms with Gasteiger partial charge in [0.05, 0.1) is 6.04 Å². The number of amides is 3. The van der Waals surface area contributed by atoms with E-state index in [-0.39, 0.29) is 23.5 Å². The van der Waals surface area contributed by atoms with Crippen LogP contribution in [0.1, 0.15) is 52.0 Å². The van der Waals surface area contributed by atoms with Crippen molar-refractivity contribution >= 4 is 17.6 Å². The number of urea groups is 1. The SMILES string of the molecule is Cc1cccc(NC(=O)[C@H](C2CCCC2)N2CCN(C(=O)NC(C)(C)C)CC2)c1. The minimum atomic E-state index is -0.242. The summed E-state index contributed by atoms with van der Waals surface area (Å²) in [6.07, 6.45) is 4.62. The molecule has 29 heavy (non-hydrogen) atoms. The molecule has 0 aromatic heterocycles. The molecule has 3 rings (SSSR count). The number of carbonyl (C=O) groups excluding carboxylic acids is 2. The van der Waals surface area contributed by atoms with Crippen LogP contribution in [0.4, 0.5) is 10.5 Å². The number of benzene rings is 1. The largest absolute Gasteiger partial charge is 0.333 e. The van der Waals surface area contributed by atoms with Crippen LogP contribution in [0.2, 0.25) is 0 Å². The van der Waals surface area contributed by atoms with Crippen molar-refractivity contribution in [2.45, 2.75) is 65.0 Å². The average Bonchev–Trinajstić information content (AvgIpc) is 3.15. The highest BCUT2D eigenvalue weighted by Crippen LogP contribution is 2.31. The van der Waals surface area contributed by atoms with Gasteiger partial charge in [0.2, 0.25) is 5.91 Å². The maximum atomic E-state index is 13.3. The van der Waals surface area contributed by atoms with E-state index in [2.05, 4.69) is 15.5 Å². The van der Waals surface area contributed by atoms with E-state index in [1.807, 2.05) is 56.9 Å². The number of anilines is 1. The molecular weight excluding hydrogens is 364 g/mol. The van der Waals surface area contributed by atoms with Crippen LogP contribution in [0.3, 0.4) is 0 Å².